The maximum absolute atomic E-state index is 12.4. The molecule has 5 nitrogen and oxygen atoms in total. The van der Waals surface area contributed by atoms with E-state index in [0.717, 1.165) is 28.5 Å². The van der Waals surface area contributed by atoms with Gasteiger partial charge in [-0.3, -0.25) is 14.5 Å². The fourth-order valence-corrected chi connectivity index (χ4v) is 3.41. The van der Waals surface area contributed by atoms with Gasteiger partial charge in [0.05, 0.1) is 16.4 Å². The highest BCUT2D eigenvalue weighted by molar-refractivity contribution is 8.26. The largest absolute Gasteiger partial charge is 0.548 e. The zero-order valence-corrected chi connectivity index (χ0v) is 13.5. The van der Waals surface area contributed by atoms with Gasteiger partial charge in [0, 0.05) is 5.56 Å². The third-order valence-corrected chi connectivity index (χ3v) is 4.52. The van der Waals surface area contributed by atoms with Crippen molar-refractivity contribution in [1.29, 1.82) is 0 Å². The van der Waals surface area contributed by atoms with Crippen LogP contribution in [-0.2, 0) is 9.59 Å². The number of aldehydes is 1. The maximum atomic E-state index is 12.4. The standard InChI is InChI=1S/C15H13NO4S2/c1-15(2,13(19)20)16-12(18)11(22-14(16)21)7-9-3-5-10(8-17)6-4-9/h3-8H,1-2H3,(H,19,20)/p-1/b11-7-. The number of thiocarbonyl (C=S) groups is 1. The van der Waals surface area contributed by atoms with E-state index in [1.165, 1.54) is 13.8 Å². The van der Waals surface area contributed by atoms with E-state index < -0.39 is 17.4 Å². The minimum Gasteiger partial charge on any atom is -0.548 e. The van der Waals surface area contributed by atoms with Gasteiger partial charge in [-0.15, -0.1) is 0 Å². The summed E-state index contributed by atoms with van der Waals surface area (Å²) in [5, 5.41) is 11.2. The van der Waals surface area contributed by atoms with E-state index in [9.17, 15) is 19.5 Å². The summed E-state index contributed by atoms with van der Waals surface area (Å²) in [4.78, 5) is 35.6. The van der Waals surface area contributed by atoms with Crippen molar-refractivity contribution in [3.8, 4) is 0 Å². The van der Waals surface area contributed by atoms with Gasteiger partial charge in [-0.1, -0.05) is 48.2 Å². The van der Waals surface area contributed by atoms with Crippen LogP contribution in [0.15, 0.2) is 29.2 Å². The third kappa shape index (κ3) is 2.95. The molecule has 22 heavy (non-hydrogen) atoms. The van der Waals surface area contributed by atoms with Crippen molar-refractivity contribution in [3.05, 3.63) is 40.3 Å². The number of aliphatic carboxylic acids is 1. The first-order valence-corrected chi connectivity index (χ1v) is 7.54. The number of thioether (sulfide) groups is 1. The van der Waals surface area contributed by atoms with E-state index in [1.807, 2.05) is 0 Å². The number of rotatable bonds is 4. The predicted molar refractivity (Wildman–Crippen MR) is 85.9 cm³/mol. The lowest BCUT2D eigenvalue weighted by molar-refractivity contribution is -0.315. The lowest BCUT2D eigenvalue weighted by atomic mass is 10.0. The topological polar surface area (TPSA) is 77.5 Å². The molecule has 0 N–H and O–H groups in total. The normalized spacial score (nSPS) is 17.2. The molecule has 1 heterocycles. The van der Waals surface area contributed by atoms with Crippen LogP contribution in [-0.4, -0.2) is 32.9 Å². The molecule has 1 saturated heterocycles. The van der Waals surface area contributed by atoms with E-state index in [1.54, 1.807) is 30.3 Å². The molecule has 1 aliphatic heterocycles. The Morgan fingerprint density at radius 3 is 2.32 bits per heavy atom. The van der Waals surface area contributed by atoms with Gasteiger partial charge in [-0.25, -0.2) is 0 Å². The van der Waals surface area contributed by atoms with Crippen molar-refractivity contribution >= 4 is 52.5 Å². The molecule has 2 rings (SSSR count). The minimum absolute atomic E-state index is 0.176. The Morgan fingerprint density at radius 1 is 1.27 bits per heavy atom. The first-order chi connectivity index (χ1) is 10.3. The van der Waals surface area contributed by atoms with Gasteiger partial charge in [0.2, 0.25) is 0 Å². The van der Waals surface area contributed by atoms with E-state index in [-0.39, 0.29) is 4.32 Å². The smallest absolute Gasteiger partial charge is 0.267 e. The van der Waals surface area contributed by atoms with Crippen molar-refractivity contribution in [2.24, 2.45) is 0 Å². The van der Waals surface area contributed by atoms with Crippen LogP contribution in [0.5, 0.6) is 0 Å². The average molecular weight is 334 g/mol. The highest BCUT2D eigenvalue weighted by atomic mass is 32.2. The number of carbonyl (C=O) groups excluding carboxylic acids is 3. The lowest BCUT2D eigenvalue weighted by Crippen LogP contribution is -2.57. The summed E-state index contributed by atoms with van der Waals surface area (Å²) < 4.78 is 0.176. The Labute approximate surface area is 137 Å². The molecule has 0 bridgehead atoms. The van der Waals surface area contributed by atoms with Crippen LogP contribution in [0.4, 0.5) is 0 Å². The zero-order chi connectivity index (χ0) is 16.5. The summed E-state index contributed by atoms with van der Waals surface area (Å²) in [6, 6.07) is 6.65. The predicted octanol–water partition coefficient (Wildman–Crippen LogP) is 1.23. The molecular weight excluding hydrogens is 322 g/mol. The molecule has 0 atom stereocenters. The number of hydrogen-bond acceptors (Lipinski definition) is 6. The first kappa shape index (κ1) is 16.4. The van der Waals surface area contributed by atoms with E-state index in [4.69, 9.17) is 12.2 Å². The van der Waals surface area contributed by atoms with Crippen molar-refractivity contribution in [3.63, 3.8) is 0 Å². The Bertz CT molecular complexity index is 692. The van der Waals surface area contributed by atoms with Crippen LogP contribution in [0.1, 0.15) is 29.8 Å². The molecular formula is C15H12NO4S2-. The van der Waals surface area contributed by atoms with Gasteiger partial charge < -0.3 is 9.90 Å². The van der Waals surface area contributed by atoms with Crippen molar-refractivity contribution < 1.29 is 19.5 Å². The summed E-state index contributed by atoms with van der Waals surface area (Å²) in [7, 11) is 0. The highest BCUT2D eigenvalue weighted by Crippen LogP contribution is 2.36. The van der Waals surface area contributed by atoms with Gasteiger partial charge in [0.15, 0.2) is 0 Å². The molecule has 0 saturated carbocycles. The minimum atomic E-state index is -1.52. The van der Waals surface area contributed by atoms with Crippen molar-refractivity contribution in [2.75, 3.05) is 0 Å². The summed E-state index contributed by atoms with van der Waals surface area (Å²) in [5.74, 6) is -1.84. The van der Waals surface area contributed by atoms with Gasteiger partial charge in [0.25, 0.3) is 5.91 Å². The van der Waals surface area contributed by atoms with Gasteiger partial charge in [-0.05, 0) is 25.5 Å². The molecule has 1 amide bonds. The second-order valence-corrected chi connectivity index (χ2v) is 6.82. The number of hydrogen-bond donors (Lipinski definition) is 0. The number of benzene rings is 1. The van der Waals surface area contributed by atoms with Crippen molar-refractivity contribution in [2.45, 2.75) is 19.4 Å². The molecule has 0 radical (unpaired) electrons. The Kier molecular flexibility index (Phi) is 4.48. The van der Waals surface area contributed by atoms with Crippen LogP contribution >= 0.6 is 24.0 Å². The highest BCUT2D eigenvalue weighted by Gasteiger charge is 2.42. The van der Waals surface area contributed by atoms with E-state index in [0.29, 0.717) is 10.5 Å². The van der Waals surface area contributed by atoms with Gasteiger partial charge >= 0.3 is 0 Å². The molecule has 114 valence electrons. The van der Waals surface area contributed by atoms with Crippen LogP contribution in [0.2, 0.25) is 0 Å². The summed E-state index contributed by atoms with van der Waals surface area (Å²) >= 11 is 6.15. The van der Waals surface area contributed by atoms with E-state index in [2.05, 4.69) is 0 Å². The molecule has 1 aliphatic rings. The SMILES string of the molecule is CC(C)(C(=O)[O-])N1C(=O)/C(=C/c2ccc(C=O)cc2)SC1=S. The van der Waals surface area contributed by atoms with E-state index >= 15 is 0 Å². The first-order valence-electron chi connectivity index (χ1n) is 6.32. The quantitative estimate of drug-likeness (QED) is 0.468. The number of nitrogens with zero attached hydrogens (tertiary/aromatic N) is 1. The number of amides is 1. The lowest BCUT2D eigenvalue weighted by Gasteiger charge is -2.35. The molecule has 1 aromatic rings. The number of carboxylic acid groups (broad SMARTS) is 1. The fourth-order valence-electron chi connectivity index (χ4n) is 1.86. The Hall–Kier alpha value is -1.99. The van der Waals surface area contributed by atoms with Crippen LogP contribution in [0, 0.1) is 0 Å². The molecule has 1 fully saturated rings. The molecule has 0 aliphatic carbocycles. The number of carboxylic acids is 1. The molecule has 0 unspecified atom stereocenters. The number of carbonyl (C=O) groups is 3. The second kappa shape index (κ2) is 6.02. The third-order valence-electron chi connectivity index (χ3n) is 3.22. The van der Waals surface area contributed by atoms with Crippen LogP contribution in [0.3, 0.4) is 0 Å². The van der Waals surface area contributed by atoms with Gasteiger partial charge in [0.1, 0.15) is 10.6 Å². The molecule has 0 aromatic heterocycles. The van der Waals surface area contributed by atoms with Crippen LogP contribution < -0.4 is 5.11 Å². The second-order valence-electron chi connectivity index (χ2n) is 5.15. The molecule has 1 aromatic carbocycles. The molecule has 0 spiro atoms. The zero-order valence-electron chi connectivity index (χ0n) is 11.9. The van der Waals surface area contributed by atoms with Crippen LogP contribution in [0.25, 0.3) is 6.08 Å². The monoisotopic (exact) mass is 334 g/mol. The van der Waals surface area contributed by atoms with Crippen molar-refractivity contribution in [1.82, 2.24) is 4.90 Å². The molecule has 7 heteroatoms. The Morgan fingerprint density at radius 2 is 1.82 bits per heavy atom. The Balaban J connectivity index is 2.33. The summed E-state index contributed by atoms with van der Waals surface area (Å²) in [6.07, 6.45) is 2.34. The summed E-state index contributed by atoms with van der Waals surface area (Å²) in [5.41, 5.74) is -0.266. The average Bonchev–Trinajstić information content (AvgIpc) is 2.74. The van der Waals surface area contributed by atoms with Gasteiger partial charge in [-0.2, -0.15) is 0 Å². The summed E-state index contributed by atoms with van der Waals surface area (Å²) in [6.45, 7) is 2.74. The fraction of sp³-hybridized carbons (Fsp3) is 0.200. The maximum Gasteiger partial charge on any atom is 0.267 e.